The monoisotopic (exact) mass is 555 g/mol. The lowest BCUT2D eigenvalue weighted by atomic mass is 9.91. The standard InChI is InChI=1S/C31H30FN5O4/c1-19-14-28(36-37(19)2)30(40)35-25-12-10-24(11-13-25)34-29(39)27-16-23(32)17-33-31(27)41-26-5-3-4-22(15-26)21-8-6-20(18-38)7-9-21/h3-9,14-18,24-25H,10-13H2,1-2H3,(H,34,39)(H,35,40). The van der Waals surface area contributed by atoms with E-state index in [4.69, 9.17) is 4.74 Å². The zero-order chi connectivity index (χ0) is 28.9. The molecule has 0 spiro atoms. The largest absolute Gasteiger partial charge is 0.438 e. The summed E-state index contributed by atoms with van der Waals surface area (Å²) in [6, 6.07) is 17.0. The SMILES string of the molecule is Cc1cc(C(=O)NC2CCC(NC(=O)c3cc(F)cnc3Oc3cccc(-c4ccc(C=O)cc4)c3)CC2)nn1C. The first-order chi connectivity index (χ1) is 19.8. The van der Waals surface area contributed by atoms with E-state index >= 15 is 0 Å². The highest BCUT2D eigenvalue weighted by Crippen LogP contribution is 2.29. The van der Waals surface area contributed by atoms with Crippen LogP contribution >= 0.6 is 0 Å². The van der Waals surface area contributed by atoms with Crippen LogP contribution in [-0.4, -0.2) is 44.9 Å². The summed E-state index contributed by atoms with van der Waals surface area (Å²) in [7, 11) is 1.79. The maximum Gasteiger partial charge on any atom is 0.272 e. The number of carbonyl (C=O) groups is 3. The van der Waals surface area contributed by atoms with E-state index in [0.717, 1.165) is 35.4 Å². The molecule has 2 heterocycles. The van der Waals surface area contributed by atoms with E-state index in [9.17, 15) is 18.8 Å². The molecule has 210 valence electrons. The van der Waals surface area contributed by atoms with Crippen molar-refractivity contribution >= 4 is 18.1 Å². The van der Waals surface area contributed by atoms with E-state index in [1.165, 1.54) is 0 Å². The number of carbonyl (C=O) groups excluding carboxylic acids is 3. The molecule has 9 nitrogen and oxygen atoms in total. The van der Waals surface area contributed by atoms with E-state index in [2.05, 4.69) is 20.7 Å². The van der Waals surface area contributed by atoms with Crippen molar-refractivity contribution in [1.29, 1.82) is 0 Å². The molecule has 10 heteroatoms. The van der Waals surface area contributed by atoms with Crippen LogP contribution in [0.1, 0.15) is 62.6 Å². The zero-order valence-corrected chi connectivity index (χ0v) is 22.8. The number of amides is 2. The quantitative estimate of drug-likeness (QED) is 0.296. The Morgan fingerprint density at radius 1 is 0.951 bits per heavy atom. The summed E-state index contributed by atoms with van der Waals surface area (Å²) in [4.78, 5) is 40.7. The molecule has 1 aliphatic rings. The lowest BCUT2D eigenvalue weighted by Crippen LogP contribution is -2.44. The Bertz CT molecular complexity index is 1560. The lowest BCUT2D eigenvalue weighted by Gasteiger charge is -2.29. The molecule has 0 aliphatic heterocycles. The van der Waals surface area contributed by atoms with Crippen LogP contribution in [0, 0.1) is 12.7 Å². The van der Waals surface area contributed by atoms with Crippen LogP contribution in [-0.2, 0) is 7.05 Å². The molecule has 1 aliphatic carbocycles. The number of pyridine rings is 1. The third kappa shape index (κ3) is 6.66. The second-order valence-corrected chi connectivity index (χ2v) is 10.2. The second kappa shape index (κ2) is 12.1. The first kappa shape index (κ1) is 27.7. The molecule has 0 atom stereocenters. The van der Waals surface area contributed by atoms with Gasteiger partial charge in [0.25, 0.3) is 11.8 Å². The number of aromatic nitrogens is 3. The van der Waals surface area contributed by atoms with Gasteiger partial charge in [0.2, 0.25) is 5.88 Å². The molecule has 0 unspecified atom stereocenters. The Labute approximate surface area is 236 Å². The third-order valence-corrected chi connectivity index (χ3v) is 7.24. The first-order valence-electron chi connectivity index (χ1n) is 13.4. The first-order valence-corrected chi connectivity index (χ1v) is 13.4. The number of halogens is 1. The van der Waals surface area contributed by atoms with Gasteiger partial charge in [-0.15, -0.1) is 0 Å². The minimum Gasteiger partial charge on any atom is -0.438 e. The lowest BCUT2D eigenvalue weighted by molar-refractivity contribution is 0.0887. The van der Waals surface area contributed by atoms with E-state index in [-0.39, 0.29) is 29.4 Å². The van der Waals surface area contributed by atoms with Crippen LogP contribution in [0.15, 0.2) is 66.9 Å². The Kier molecular flexibility index (Phi) is 8.19. The molecule has 5 rings (SSSR count). The molecule has 2 aromatic heterocycles. The highest BCUT2D eigenvalue weighted by molar-refractivity contribution is 5.96. The second-order valence-electron chi connectivity index (χ2n) is 10.2. The Morgan fingerprint density at radius 2 is 1.63 bits per heavy atom. The van der Waals surface area contributed by atoms with Gasteiger partial charge in [0.15, 0.2) is 0 Å². The molecular formula is C31H30FN5O4. The average Bonchev–Trinajstić information content (AvgIpc) is 3.33. The highest BCUT2D eigenvalue weighted by atomic mass is 19.1. The molecule has 0 bridgehead atoms. The van der Waals surface area contributed by atoms with Gasteiger partial charge in [0.05, 0.1) is 6.20 Å². The van der Waals surface area contributed by atoms with Gasteiger partial charge in [-0.1, -0.05) is 36.4 Å². The van der Waals surface area contributed by atoms with Gasteiger partial charge in [-0.25, -0.2) is 9.37 Å². The normalized spacial score (nSPS) is 16.6. The highest BCUT2D eigenvalue weighted by Gasteiger charge is 2.26. The number of rotatable bonds is 8. The number of hydrogen-bond donors (Lipinski definition) is 2. The molecule has 2 N–H and O–H groups in total. The van der Waals surface area contributed by atoms with Gasteiger partial charge in [-0.05, 0) is 68.0 Å². The van der Waals surface area contributed by atoms with Crippen molar-refractivity contribution in [1.82, 2.24) is 25.4 Å². The van der Waals surface area contributed by atoms with Crippen LogP contribution in [0.3, 0.4) is 0 Å². The van der Waals surface area contributed by atoms with Crippen molar-refractivity contribution in [3.63, 3.8) is 0 Å². The van der Waals surface area contributed by atoms with Gasteiger partial charge >= 0.3 is 0 Å². The minimum absolute atomic E-state index is 0.00770. The van der Waals surface area contributed by atoms with Crippen LogP contribution in [0.25, 0.3) is 11.1 Å². The van der Waals surface area contributed by atoms with Crippen LogP contribution in [0.5, 0.6) is 11.6 Å². The van der Waals surface area contributed by atoms with Crippen molar-refractivity contribution in [3.8, 4) is 22.8 Å². The maximum absolute atomic E-state index is 14.1. The van der Waals surface area contributed by atoms with Gasteiger partial charge in [0.1, 0.15) is 29.1 Å². The molecule has 1 fully saturated rings. The minimum atomic E-state index is -0.650. The number of aryl methyl sites for hydroxylation is 2. The molecule has 0 radical (unpaired) electrons. The molecular weight excluding hydrogens is 525 g/mol. The van der Waals surface area contributed by atoms with Gasteiger partial charge < -0.3 is 15.4 Å². The zero-order valence-electron chi connectivity index (χ0n) is 22.8. The summed E-state index contributed by atoms with van der Waals surface area (Å²) >= 11 is 0. The van der Waals surface area contributed by atoms with Crippen molar-refractivity contribution in [2.45, 2.75) is 44.7 Å². The molecule has 41 heavy (non-hydrogen) atoms. The molecule has 4 aromatic rings. The fraction of sp³-hybridized carbons (Fsp3) is 0.258. The Morgan fingerprint density at radius 3 is 2.27 bits per heavy atom. The summed E-state index contributed by atoms with van der Waals surface area (Å²) in [5, 5.41) is 10.2. The fourth-order valence-electron chi connectivity index (χ4n) is 4.85. The number of aldehydes is 1. The molecule has 2 aromatic carbocycles. The van der Waals surface area contributed by atoms with Gasteiger partial charge in [-0.2, -0.15) is 5.10 Å². The van der Waals surface area contributed by atoms with Crippen molar-refractivity contribution < 1.29 is 23.5 Å². The van der Waals surface area contributed by atoms with Crippen molar-refractivity contribution in [2.24, 2.45) is 7.05 Å². The van der Waals surface area contributed by atoms with Crippen LogP contribution in [0.2, 0.25) is 0 Å². The molecule has 0 saturated heterocycles. The van der Waals surface area contributed by atoms with E-state index < -0.39 is 11.7 Å². The topological polar surface area (TPSA) is 115 Å². The summed E-state index contributed by atoms with van der Waals surface area (Å²) < 4.78 is 21.7. The molecule has 1 saturated carbocycles. The molecule has 2 amide bonds. The smallest absolute Gasteiger partial charge is 0.272 e. The predicted molar refractivity (Wildman–Crippen MR) is 150 cm³/mol. The van der Waals surface area contributed by atoms with Crippen LogP contribution < -0.4 is 15.4 Å². The maximum atomic E-state index is 14.1. The van der Waals surface area contributed by atoms with Gasteiger partial charge in [0, 0.05) is 30.4 Å². The summed E-state index contributed by atoms with van der Waals surface area (Å²) in [6.45, 7) is 1.88. The average molecular weight is 556 g/mol. The van der Waals surface area contributed by atoms with Crippen molar-refractivity contribution in [3.05, 3.63) is 95.2 Å². The van der Waals surface area contributed by atoms with E-state index in [1.54, 1.807) is 48.1 Å². The van der Waals surface area contributed by atoms with Gasteiger partial charge in [-0.3, -0.25) is 19.1 Å². The predicted octanol–water partition coefficient (Wildman–Crippen LogP) is 5.01. The number of ether oxygens (including phenoxy) is 1. The summed E-state index contributed by atoms with van der Waals surface area (Å²) in [5.74, 6) is -0.930. The fourth-order valence-corrected chi connectivity index (χ4v) is 4.85. The number of benzene rings is 2. The van der Waals surface area contributed by atoms with E-state index in [1.807, 2.05) is 25.1 Å². The van der Waals surface area contributed by atoms with Crippen molar-refractivity contribution in [2.75, 3.05) is 0 Å². The number of nitrogens with zero attached hydrogens (tertiary/aromatic N) is 3. The number of nitrogens with one attached hydrogen (secondary N) is 2. The summed E-state index contributed by atoms with van der Waals surface area (Å²) in [5.41, 5.74) is 3.57. The number of hydrogen-bond acceptors (Lipinski definition) is 6. The third-order valence-electron chi connectivity index (χ3n) is 7.24. The van der Waals surface area contributed by atoms with E-state index in [0.29, 0.717) is 42.7 Å². The summed E-state index contributed by atoms with van der Waals surface area (Å²) in [6.07, 6.45) is 4.47. The van der Waals surface area contributed by atoms with Crippen LogP contribution in [0.4, 0.5) is 4.39 Å². The Balaban J connectivity index is 1.21. The Hall–Kier alpha value is -4.86.